The number of benzene rings is 1. The van der Waals surface area contributed by atoms with Gasteiger partial charge in [-0.2, -0.15) is 0 Å². The van der Waals surface area contributed by atoms with E-state index in [4.69, 9.17) is 14.5 Å². The standard InChI is InChI=1S/C26H30N4O5/c1-34-22-8-4-7-19(27-22)14-30-21-10-9-16-11-12-29(26(33)35-2)15-20(16)23(21)28-24(30)17-5-3-6-18(13-17)25(31)32/h4,7-10,17-18H,3,5-6,11-15H2,1-2H3,(H,31,32)/t17-,18-/m1/s1. The highest BCUT2D eigenvalue weighted by Gasteiger charge is 2.32. The summed E-state index contributed by atoms with van der Waals surface area (Å²) < 4.78 is 12.4. The minimum Gasteiger partial charge on any atom is -0.481 e. The molecule has 0 saturated heterocycles. The fraction of sp³-hybridized carbons (Fsp3) is 0.462. The van der Waals surface area contributed by atoms with Crippen molar-refractivity contribution in [3.63, 3.8) is 0 Å². The van der Waals surface area contributed by atoms with Crippen molar-refractivity contribution in [2.24, 2.45) is 5.92 Å². The number of pyridine rings is 1. The number of carbonyl (C=O) groups excluding carboxylic acids is 1. The molecular weight excluding hydrogens is 448 g/mol. The number of carboxylic acid groups (broad SMARTS) is 1. The first kappa shape index (κ1) is 23.1. The van der Waals surface area contributed by atoms with Crippen molar-refractivity contribution in [3.05, 3.63) is 53.0 Å². The van der Waals surface area contributed by atoms with E-state index < -0.39 is 5.97 Å². The van der Waals surface area contributed by atoms with E-state index in [9.17, 15) is 14.7 Å². The number of methoxy groups -OCH3 is 2. The van der Waals surface area contributed by atoms with Gasteiger partial charge in [0.25, 0.3) is 0 Å². The molecule has 5 rings (SSSR count). The Bertz CT molecular complexity index is 1270. The number of hydrogen-bond donors (Lipinski definition) is 1. The van der Waals surface area contributed by atoms with Crippen molar-refractivity contribution < 1.29 is 24.2 Å². The molecule has 0 spiro atoms. The lowest BCUT2D eigenvalue weighted by Crippen LogP contribution is -2.35. The van der Waals surface area contributed by atoms with Crippen LogP contribution in [0, 0.1) is 5.92 Å². The highest BCUT2D eigenvalue weighted by atomic mass is 16.5. The maximum Gasteiger partial charge on any atom is 0.409 e. The Kier molecular flexibility index (Phi) is 6.32. The second-order valence-electron chi connectivity index (χ2n) is 9.34. The fourth-order valence-corrected chi connectivity index (χ4v) is 5.48. The van der Waals surface area contributed by atoms with E-state index in [-0.39, 0.29) is 17.9 Å². The van der Waals surface area contributed by atoms with E-state index in [1.54, 1.807) is 12.0 Å². The van der Waals surface area contributed by atoms with Crippen LogP contribution in [-0.2, 0) is 29.0 Å². The molecule has 2 aromatic heterocycles. The number of aromatic nitrogens is 3. The molecule has 0 radical (unpaired) electrons. The number of amides is 1. The summed E-state index contributed by atoms with van der Waals surface area (Å²) in [7, 11) is 2.99. The van der Waals surface area contributed by atoms with Crippen LogP contribution in [0.15, 0.2) is 30.3 Å². The van der Waals surface area contributed by atoms with Crippen molar-refractivity contribution >= 4 is 23.1 Å². The second kappa shape index (κ2) is 9.56. The van der Waals surface area contributed by atoms with Crippen LogP contribution >= 0.6 is 0 Å². The molecule has 3 heterocycles. The molecule has 1 N–H and O–H groups in total. The van der Waals surface area contributed by atoms with Gasteiger partial charge in [-0.1, -0.05) is 18.6 Å². The normalized spacial score (nSPS) is 19.9. The van der Waals surface area contributed by atoms with Crippen LogP contribution in [0.1, 0.15) is 54.2 Å². The smallest absolute Gasteiger partial charge is 0.409 e. The molecule has 0 unspecified atom stereocenters. The van der Waals surface area contributed by atoms with Crippen molar-refractivity contribution in [1.82, 2.24) is 19.4 Å². The van der Waals surface area contributed by atoms with Crippen molar-refractivity contribution in [3.8, 4) is 5.88 Å². The Hall–Kier alpha value is -3.62. The highest BCUT2D eigenvalue weighted by molar-refractivity contribution is 5.82. The van der Waals surface area contributed by atoms with Gasteiger partial charge in [0.15, 0.2) is 0 Å². The van der Waals surface area contributed by atoms with Gasteiger partial charge in [-0.3, -0.25) is 4.79 Å². The zero-order valence-corrected chi connectivity index (χ0v) is 20.1. The molecule has 9 nitrogen and oxygen atoms in total. The third-order valence-corrected chi connectivity index (χ3v) is 7.28. The van der Waals surface area contributed by atoms with Gasteiger partial charge in [0.1, 0.15) is 5.82 Å². The van der Waals surface area contributed by atoms with E-state index >= 15 is 0 Å². The van der Waals surface area contributed by atoms with Gasteiger partial charge in [0, 0.05) is 24.1 Å². The maximum absolute atomic E-state index is 12.2. The molecule has 35 heavy (non-hydrogen) atoms. The SMILES string of the molecule is COC(=O)N1CCc2ccc3c(nc([C@@H]4CCC[C@@H](C(=O)O)C4)n3Cc3cccc(OC)n3)c2C1. The molecule has 1 fully saturated rings. The number of imidazole rings is 1. The van der Waals surface area contributed by atoms with Gasteiger partial charge < -0.3 is 24.0 Å². The van der Waals surface area contributed by atoms with E-state index in [1.165, 1.54) is 12.7 Å². The summed E-state index contributed by atoms with van der Waals surface area (Å²) >= 11 is 0. The summed E-state index contributed by atoms with van der Waals surface area (Å²) in [4.78, 5) is 35.4. The molecule has 2 atom stereocenters. The van der Waals surface area contributed by atoms with E-state index in [0.717, 1.165) is 47.4 Å². The summed E-state index contributed by atoms with van der Waals surface area (Å²) in [5.41, 5.74) is 4.88. The number of hydrogen-bond acceptors (Lipinski definition) is 6. The monoisotopic (exact) mass is 478 g/mol. The predicted octanol–water partition coefficient (Wildman–Crippen LogP) is 3.97. The predicted molar refractivity (Wildman–Crippen MR) is 128 cm³/mol. The lowest BCUT2D eigenvalue weighted by atomic mass is 9.81. The van der Waals surface area contributed by atoms with Gasteiger partial charge >= 0.3 is 12.1 Å². The van der Waals surface area contributed by atoms with Crippen LogP contribution in [0.3, 0.4) is 0 Å². The molecule has 0 bridgehead atoms. The molecule has 3 aromatic rings. The third kappa shape index (κ3) is 4.42. The summed E-state index contributed by atoms with van der Waals surface area (Å²) in [6, 6.07) is 9.89. The average Bonchev–Trinajstić information content (AvgIpc) is 3.26. The molecule has 1 aliphatic heterocycles. The van der Waals surface area contributed by atoms with Crippen LogP contribution < -0.4 is 4.74 Å². The molecule has 1 aromatic carbocycles. The van der Waals surface area contributed by atoms with Crippen LogP contribution in [0.2, 0.25) is 0 Å². The summed E-state index contributed by atoms with van der Waals surface area (Å²) in [5, 5.41) is 9.67. The minimum absolute atomic E-state index is 0.0406. The zero-order valence-electron chi connectivity index (χ0n) is 20.1. The summed E-state index contributed by atoms with van der Waals surface area (Å²) in [6.45, 7) is 1.54. The molecule has 1 amide bonds. The number of ether oxygens (including phenoxy) is 2. The Labute approximate surface area is 203 Å². The Morgan fingerprint density at radius 3 is 2.77 bits per heavy atom. The Balaban J connectivity index is 1.61. The largest absolute Gasteiger partial charge is 0.481 e. The molecular formula is C26H30N4O5. The Morgan fingerprint density at radius 2 is 2.00 bits per heavy atom. The number of carbonyl (C=O) groups is 2. The van der Waals surface area contributed by atoms with Gasteiger partial charge in [0.2, 0.25) is 5.88 Å². The van der Waals surface area contributed by atoms with Gasteiger partial charge in [-0.05, 0) is 43.4 Å². The maximum atomic E-state index is 12.2. The van der Waals surface area contributed by atoms with Crippen LogP contribution in [0.25, 0.3) is 11.0 Å². The lowest BCUT2D eigenvalue weighted by molar-refractivity contribution is -0.143. The minimum atomic E-state index is -0.738. The van der Waals surface area contributed by atoms with Crippen LogP contribution in [-0.4, -0.2) is 57.4 Å². The van der Waals surface area contributed by atoms with Crippen LogP contribution in [0.5, 0.6) is 5.88 Å². The first-order valence-corrected chi connectivity index (χ1v) is 12.0. The first-order valence-electron chi connectivity index (χ1n) is 12.0. The number of rotatable bonds is 5. The number of aliphatic carboxylic acids is 1. The topological polar surface area (TPSA) is 107 Å². The van der Waals surface area contributed by atoms with Gasteiger partial charge in [-0.25, -0.2) is 14.8 Å². The zero-order chi connectivity index (χ0) is 24.5. The lowest BCUT2D eigenvalue weighted by Gasteiger charge is -2.27. The van der Waals surface area contributed by atoms with Gasteiger partial charge in [-0.15, -0.1) is 0 Å². The molecule has 1 aliphatic carbocycles. The molecule has 1 saturated carbocycles. The number of carboxylic acids is 1. The quantitative estimate of drug-likeness (QED) is 0.591. The summed E-state index contributed by atoms with van der Waals surface area (Å²) in [6.07, 6.45) is 3.42. The highest BCUT2D eigenvalue weighted by Crippen LogP contribution is 2.39. The molecule has 184 valence electrons. The van der Waals surface area contributed by atoms with Crippen molar-refractivity contribution in [2.75, 3.05) is 20.8 Å². The number of nitrogens with zero attached hydrogens (tertiary/aromatic N) is 4. The van der Waals surface area contributed by atoms with Crippen molar-refractivity contribution in [1.29, 1.82) is 0 Å². The van der Waals surface area contributed by atoms with Gasteiger partial charge in [0.05, 0.1) is 50.0 Å². The number of fused-ring (bicyclic) bond motifs is 3. The van der Waals surface area contributed by atoms with E-state index in [1.807, 2.05) is 18.2 Å². The third-order valence-electron chi connectivity index (χ3n) is 7.28. The van der Waals surface area contributed by atoms with Crippen molar-refractivity contribution in [2.45, 2.75) is 51.1 Å². The van der Waals surface area contributed by atoms with E-state index in [2.05, 4.69) is 21.7 Å². The first-order chi connectivity index (χ1) is 17.0. The average molecular weight is 479 g/mol. The molecule has 2 aliphatic rings. The summed E-state index contributed by atoms with van der Waals surface area (Å²) in [5.74, 6) is 0.375. The van der Waals surface area contributed by atoms with Crippen LogP contribution in [0.4, 0.5) is 4.79 Å². The fourth-order valence-electron chi connectivity index (χ4n) is 5.48. The second-order valence-corrected chi connectivity index (χ2v) is 9.34. The Morgan fingerprint density at radius 1 is 1.14 bits per heavy atom. The molecule has 9 heteroatoms. The van der Waals surface area contributed by atoms with E-state index in [0.29, 0.717) is 38.4 Å².